The van der Waals surface area contributed by atoms with Crippen molar-refractivity contribution in [2.24, 2.45) is 0 Å². The quantitative estimate of drug-likeness (QED) is 0.803. The van der Waals surface area contributed by atoms with Crippen LogP contribution in [-0.4, -0.2) is 28.3 Å². The number of hydrogen-bond acceptors (Lipinski definition) is 3. The molecule has 0 aliphatic rings. The van der Waals surface area contributed by atoms with Crippen LogP contribution >= 0.6 is 0 Å². The Labute approximate surface area is 85.7 Å². The van der Waals surface area contributed by atoms with E-state index in [9.17, 15) is 0 Å². The largest absolute Gasteiger partial charge is 0.340 e. The smallest absolute Gasteiger partial charge is 0.244 e. The fraction of sp³-hybridized carbons (Fsp3) is 0.800. The third-order valence-corrected chi connectivity index (χ3v) is 2.23. The molecule has 0 saturated heterocycles. The summed E-state index contributed by atoms with van der Waals surface area (Å²) in [5.41, 5.74) is 0.0401. The second kappa shape index (κ2) is 3.98. The topological polar surface area (TPSA) is 44.8 Å². The first kappa shape index (κ1) is 11.0. The van der Waals surface area contributed by atoms with Crippen molar-refractivity contribution in [3.8, 4) is 0 Å². The SMILES string of the molecule is CCN(CC)c1n[nH]c(C(C)(C)C)n1. The van der Waals surface area contributed by atoms with Crippen molar-refractivity contribution in [3.05, 3.63) is 5.82 Å². The van der Waals surface area contributed by atoms with Gasteiger partial charge in [-0.3, -0.25) is 5.10 Å². The number of rotatable bonds is 3. The van der Waals surface area contributed by atoms with Gasteiger partial charge in [0.1, 0.15) is 5.82 Å². The van der Waals surface area contributed by atoms with Crippen molar-refractivity contribution in [1.29, 1.82) is 0 Å². The van der Waals surface area contributed by atoms with Crippen molar-refractivity contribution < 1.29 is 0 Å². The van der Waals surface area contributed by atoms with Crippen LogP contribution in [0.15, 0.2) is 0 Å². The van der Waals surface area contributed by atoms with Gasteiger partial charge in [-0.2, -0.15) is 4.98 Å². The Bertz CT molecular complexity index is 281. The van der Waals surface area contributed by atoms with Gasteiger partial charge < -0.3 is 4.90 Å². The van der Waals surface area contributed by atoms with Gasteiger partial charge in [-0.25, -0.2) is 0 Å². The van der Waals surface area contributed by atoms with E-state index in [0.29, 0.717) is 0 Å². The van der Waals surface area contributed by atoms with E-state index in [4.69, 9.17) is 0 Å². The summed E-state index contributed by atoms with van der Waals surface area (Å²) in [5.74, 6) is 1.75. The highest BCUT2D eigenvalue weighted by Crippen LogP contribution is 2.19. The number of nitrogens with one attached hydrogen (secondary N) is 1. The lowest BCUT2D eigenvalue weighted by molar-refractivity contribution is 0.548. The van der Waals surface area contributed by atoms with E-state index in [-0.39, 0.29) is 5.41 Å². The molecule has 0 saturated carbocycles. The molecule has 0 bridgehead atoms. The highest BCUT2D eigenvalue weighted by molar-refractivity contribution is 5.28. The molecule has 1 N–H and O–H groups in total. The third kappa shape index (κ3) is 2.25. The van der Waals surface area contributed by atoms with Gasteiger partial charge in [0.05, 0.1) is 0 Å². The number of aromatic nitrogens is 3. The Hall–Kier alpha value is -1.06. The summed E-state index contributed by atoms with van der Waals surface area (Å²) in [7, 11) is 0. The van der Waals surface area contributed by atoms with Gasteiger partial charge in [-0.15, -0.1) is 5.10 Å². The van der Waals surface area contributed by atoms with Crippen LogP contribution in [0.3, 0.4) is 0 Å². The maximum atomic E-state index is 4.48. The fourth-order valence-corrected chi connectivity index (χ4v) is 1.24. The predicted octanol–water partition coefficient (Wildman–Crippen LogP) is 1.95. The maximum Gasteiger partial charge on any atom is 0.244 e. The first-order valence-corrected chi connectivity index (χ1v) is 5.16. The number of nitrogens with zero attached hydrogens (tertiary/aromatic N) is 3. The first-order valence-electron chi connectivity index (χ1n) is 5.16. The molecule has 0 unspecified atom stereocenters. The molecule has 0 spiro atoms. The molecule has 80 valence electrons. The van der Waals surface area contributed by atoms with Gasteiger partial charge in [-0.1, -0.05) is 20.8 Å². The zero-order valence-corrected chi connectivity index (χ0v) is 9.76. The Morgan fingerprint density at radius 2 is 1.79 bits per heavy atom. The van der Waals surface area contributed by atoms with Gasteiger partial charge in [0, 0.05) is 18.5 Å². The highest BCUT2D eigenvalue weighted by atomic mass is 15.4. The lowest BCUT2D eigenvalue weighted by Gasteiger charge is -2.16. The summed E-state index contributed by atoms with van der Waals surface area (Å²) in [6.07, 6.45) is 0. The molecule has 1 heterocycles. The summed E-state index contributed by atoms with van der Waals surface area (Å²) in [6.45, 7) is 12.5. The molecule has 4 heteroatoms. The standard InChI is InChI=1S/C10H20N4/c1-6-14(7-2)9-11-8(12-13-9)10(3,4)5/h6-7H2,1-5H3,(H,11,12,13). The molecule has 1 rings (SSSR count). The van der Waals surface area contributed by atoms with Gasteiger partial charge in [0.25, 0.3) is 0 Å². The first-order chi connectivity index (χ1) is 6.49. The van der Waals surface area contributed by atoms with E-state index < -0.39 is 0 Å². The summed E-state index contributed by atoms with van der Waals surface area (Å²) in [4.78, 5) is 6.61. The molecule has 1 aromatic rings. The number of aromatic amines is 1. The third-order valence-electron chi connectivity index (χ3n) is 2.23. The summed E-state index contributed by atoms with van der Waals surface area (Å²) in [5, 5.41) is 7.21. The zero-order chi connectivity index (χ0) is 10.8. The van der Waals surface area contributed by atoms with Crippen molar-refractivity contribution in [2.75, 3.05) is 18.0 Å². The van der Waals surface area contributed by atoms with Crippen LogP contribution in [-0.2, 0) is 5.41 Å². The Morgan fingerprint density at radius 1 is 1.21 bits per heavy atom. The van der Waals surface area contributed by atoms with Crippen molar-refractivity contribution >= 4 is 5.95 Å². The average Bonchev–Trinajstić information content (AvgIpc) is 2.54. The molecule has 4 nitrogen and oxygen atoms in total. The number of anilines is 1. The minimum atomic E-state index is 0.0401. The van der Waals surface area contributed by atoms with Crippen molar-refractivity contribution in [1.82, 2.24) is 15.2 Å². The van der Waals surface area contributed by atoms with Crippen LogP contribution in [0.2, 0.25) is 0 Å². The minimum absolute atomic E-state index is 0.0401. The number of H-pyrrole nitrogens is 1. The highest BCUT2D eigenvalue weighted by Gasteiger charge is 2.19. The lowest BCUT2D eigenvalue weighted by atomic mass is 9.96. The minimum Gasteiger partial charge on any atom is -0.340 e. The second-order valence-electron chi connectivity index (χ2n) is 4.41. The van der Waals surface area contributed by atoms with Gasteiger partial charge in [0.2, 0.25) is 5.95 Å². The molecule has 0 amide bonds. The second-order valence-corrected chi connectivity index (χ2v) is 4.41. The normalized spacial score (nSPS) is 11.8. The fourth-order valence-electron chi connectivity index (χ4n) is 1.24. The molecule has 0 aliphatic heterocycles. The van der Waals surface area contributed by atoms with Crippen LogP contribution in [0.25, 0.3) is 0 Å². The molecular weight excluding hydrogens is 176 g/mol. The predicted molar refractivity (Wildman–Crippen MR) is 58.6 cm³/mol. The van der Waals surface area contributed by atoms with Gasteiger partial charge >= 0.3 is 0 Å². The van der Waals surface area contributed by atoms with Gasteiger partial charge in [0.15, 0.2) is 0 Å². The number of hydrogen-bond donors (Lipinski definition) is 1. The van der Waals surface area contributed by atoms with E-state index in [1.165, 1.54) is 0 Å². The van der Waals surface area contributed by atoms with Crippen LogP contribution in [0.4, 0.5) is 5.95 Å². The molecule has 0 aliphatic carbocycles. The Balaban J connectivity index is 2.87. The van der Waals surface area contributed by atoms with E-state index in [1.807, 2.05) is 0 Å². The van der Waals surface area contributed by atoms with E-state index in [2.05, 4.69) is 54.7 Å². The van der Waals surface area contributed by atoms with E-state index >= 15 is 0 Å². The summed E-state index contributed by atoms with van der Waals surface area (Å²) in [6, 6.07) is 0. The van der Waals surface area contributed by atoms with Crippen LogP contribution in [0.1, 0.15) is 40.4 Å². The van der Waals surface area contributed by atoms with Crippen molar-refractivity contribution in [3.63, 3.8) is 0 Å². The molecular formula is C10H20N4. The van der Waals surface area contributed by atoms with Crippen molar-refractivity contribution in [2.45, 2.75) is 40.0 Å². The Kier molecular flexibility index (Phi) is 3.13. The maximum absolute atomic E-state index is 4.48. The zero-order valence-electron chi connectivity index (χ0n) is 9.76. The van der Waals surface area contributed by atoms with Crippen LogP contribution < -0.4 is 4.90 Å². The monoisotopic (exact) mass is 196 g/mol. The molecule has 14 heavy (non-hydrogen) atoms. The summed E-state index contributed by atoms with van der Waals surface area (Å²) < 4.78 is 0. The summed E-state index contributed by atoms with van der Waals surface area (Å²) >= 11 is 0. The molecule has 0 atom stereocenters. The average molecular weight is 196 g/mol. The van der Waals surface area contributed by atoms with E-state index in [1.54, 1.807) is 0 Å². The molecule has 0 fully saturated rings. The lowest BCUT2D eigenvalue weighted by Crippen LogP contribution is -2.23. The Morgan fingerprint density at radius 3 is 2.14 bits per heavy atom. The molecule has 0 aromatic carbocycles. The van der Waals surface area contributed by atoms with Crippen LogP contribution in [0.5, 0.6) is 0 Å². The van der Waals surface area contributed by atoms with E-state index in [0.717, 1.165) is 24.9 Å². The van der Waals surface area contributed by atoms with Crippen LogP contribution in [0, 0.1) is 0 Å². The van der Waals surface area contributed by atoms with Gasteiger partial charge in [-0.05, 0) is 13.8 Å². The molecule has 0 radical (unpaired) electrons. The molecule has 1 aromatic heterocycles.